The van der Waals surface area contributed by atoms with Gasteiger partial charge in [0.15, 0.2) is 0 Å². The Labute approximate surface area is 199 Å². The topological polar surface area (TPSA) is 73.4 Å². The van der Waals surface area contributed by atoms with Gasteiger partial charge >= 0.3 is 0 Å². The van der Waals surface area contributed by atoms with Crippen LogP contribution in [-0.2, 0) is 0 Å². The predicted octanol–water partition coefficient (Wildman–Crippen LogP) is 5.06. The predicted molar refractivity (Wildman–Crippen MR) is 127 cm³/mol. The maximum atomic E-state index is 13.5. The summed E-state index contributed by atoms with van der Waals surface area (Å²) in [5.74, 6) is -0.710. The number of amides is 1. The fourth-order valence-electron chi connectivity index (χ4n) is 4.31. The Morgan fingerprint density at radius 3 is 2.62 bits per heavy atom. The molecule has 1 aliphatic heterocycles. The summed E-state index contributed by atoms with van der Waals surface area (Å²) in [6.45, 7) is 1.46. The van der Waals surface area contributed by atoms with Crippen LogP contribution in [0, 0.1) is 17.1 Å². The highest BCUT2D eigenvalue weighted by Gasteiger charge is 2.37. The van der Waals surface area contributed by atoms with Crippen LogP contribution in [0.3, 0.4) is 0 Å². The lowest BCUT2D eigenvalue weighted by molar-refractivity contribution is 0.0385. The van der Waals surface area contributed by atoms with E-state index in [2.05, 4.69) is 33.0 Å². The molecule has 8 heteroatoms. The molecule has 2 atom stereocenters. The number of nitrogens with zero attached hydrogens (tertiary/aromatic N) is 3. The largest absolute Gasteiger partial charge is 0.398 e. The van der Waals surface area contributed by atoms with E-state index in [1.165, 1.54) is 12.1 Å². The maximum absolute atomic E-state index is 13.5. The fraction of sp³-hybridized carbons (Fsp3) is 0.250. The zero-order valence-corrected chi connectivity index (χ0v) is 19.5. The number of allylic oxidation sites excluding steroid dienone is 2. The Morgan fingerprint density at radius 2 is 1.94 bits per heavy atom. The van der Waals surface area contributed by atoms with Crippen molar-refractivity contribution in [3.05, 3.63) is 86.6 Å². The van der Waals surface area contributed by atoms with Gasteiger partial charge in [-0.2, -0.15) is 5.26 Å². The Hall–Kier alpha value is -2.66. The lowest BCUT2D eigenvalue weighted by atomic mass is 9.92. The summed E-state index contributed by atoms with van der Waals surface area (Å²) in [6.07, 6.45) is 4.61. The van der Waals surface area contributed by atoms with Crippen LogP contribution >= 0.6 is 27.5 Å². The fourth-order valence-corrected chi connectivity index (χ4v) is 4.87. The zero-order valence-electron chi connectivity index (χ0n) is 17.1. The van der Waals surface area contributed by atoms with Crippen LogP contribution in [0.1, 0.15) is 28.4 Å². The molecule has 2 unspecified atom stereocenters. The van der Waals surface area contributed by atoms with Crippen molar-refractivity contribution in [3.8, 4) is 6.07 Å². The summed E-state index contributed by atoms with van der Waals surface area (Å²) in [5.41, 5.74) is 8.02. The molecule has 1 amide bonds. The van der Waals surface area contributed by atoms with Gasteiger partial charge in [0.2, 0.25) is 0 Å². The number of benzene rings is 2. The molecule has 2 aromatic carbocycles. The lowest BCUT2D eigenvalue weighted by Crippen LogP contribution is -2.54. The molecular formula is C24H21BrClFN4O. The highest BCUT2D eigenvalue weighted by Crippen LogP contribution is 2.35. The van der Waals surface area contributed by atoms with Gasteiger partial charge in [-0.3, -0.25) is 9.69 Å². The average Bonchev–Trinajstić information content (AvgIpc) is 2.79. The third-order valence-electron chi connectivity index (χ3n) is 5.93. The van der Waals surface area contributed by atoms with Gasteiger partial charge in [0.05, 0.1) is 17.7 Å². The van der Waals surface area contributed by atoms with Crippen molar-refractivity contribution >= 4 is 39.1 Å². The van der Waals surface area contributed by atoms with Crippen molar-refractivity contribution in [3.63, 3.8) is 0 Å². The van der Waals surface area contributed by atoms with E-state index in [0.717, 1.165) is 16.1 Å². The molecule has 4 rings (SSSR count). The van der Waals surface area contributed by atoms with E-state index in [-0.39, 0.29) is 29.2 Å². The number of piperazine rings is 1. The second-order valence-electron chi connectivity index (χ2n) is 7.84. The monoisotopic (exact) mass is 514 g/mol. The second-order valence-corrected chi connectivity index (χ2v) is 9.19. The van der Waals surface area contributed by atoms with Crippen LogP contribution in [0.2, 0.25) is 5.02 Å². The van der Waals surface area contributed by atoms with Crippen LogP contribution in [0.25, 0.3) is 0 Å². The number of nitrogen functional groups attached to an aromatic ring is 1. The van der Waals surface area contributed by atoms with Crippen LogP contribution in [-0.4, -0.2) is 41.4 Å². The molecule has 2 N–H and O–H groups in total. The summed E-state index contributed by atoms with van der Waals surface area (Å²) in [6, 6.07) is 13.5. The van der Waals surface area contributed by atoms with Gasteiger partial charge in [0.1, 0.15) is 5.82 Å². The van der Waals surface area contributed by atoms with Gasteiger partial charge in [-0.1, -0.05) is 45.7 Å². The number of nitriles is 1. The third kappa shape index (κ3) is 4.58. The number of nitrogens with two attached hydrogens (primary N) is 1. The van der Waals surface area contributed by atoms with Crippen molar-refractivity contribution in [1.29, 1.82) is 5.26 Å². The molecule has 1 aliphatic carbocycles. The van der Waals surface area contributed by atoms with E-state index in [0.29, 0.717) is 36.7 Å². The van der Waals surface area contributed by atoms with Gasteiger partial charge in [-0.05, 0) is 48.4 Å². The summed E-state index contributed by atoms with van der Waals surface area (Å²) < 4.78 is 14.4. The molecule has 2 aromatic rings. The second kappa shape index (κ2) is 9.45. The lowest BCUT2D eigenvalue weighted by Gasteiger charge is -2.45. The number of anilines is 1. The van der Waals surface area contributed by atoms with Gasteiger partial charge in [-0.25, -0.2) is 4.39 Å². The van der Waals surface area contributed by atoms with Crippen molar-refractivity contribution < 1.29 is 9.18 Å². The van der Waals surface area contributed by atoms with E-state index in [1.807, 2.05) is 30.3 Å². The molecule has 1 heterocycles. The van der Waals surface area contributed by atoms with Crippen molar-refractivity contribution in [2.75, 3.05) is 25.4 Å². The molecule has 32 heavy (non-hydrogen) atoms. The SMILES string of the molecule is N#CC1=CC(Br)=CCC1N1CCN(C(=O)c2ccc(F)cc2N)CC1c1ccc(Cl)cc1. The first-order valence-corrected chi connectivity index (χ1v) is 11.4. The highest BCUT2D eigenvalue weighted by atomic mass is 79.9. The third-order valence-corrected chi connectivity index (χ3v) is 6.73. The maximum Gasteiger partial charge on any atom is 0.256 e. The van der Waals surface area contributed by atoms with Gasteiger partial charge in [0, 0.05) is 46.4 Å². The van der Waals surface area contributed by atoms with Gasteiger partial charge < -0.3 is 10.6 Å². The number of carbonyl (C=O) groups is 1. The smallest absolute Gasteiger partial charge is 0.256 e. The summed E-state index contributed by atoms with van der Waals surface area (Å²) in [7, 11) is 0. The first kappa shape index (κ1) is 22.5. The zero-order chi connectivity index (χ0) is 22.8. The number of hydrogen-bond donors (Lipinski definition) is 1. The number of rotatable bonds is 3. The van der Waals surface area contributed by atoms with Crippen molar-refractivity contribution in [2.24, 2.45) is 0 Å². The molecule has 0 bridgehead atoms. The molecule has 0 saturated carbocycles. The summed E-state index contributed by atoms with van der Waals surface area (Å²) in [5, 5.41) is 10.4. The molecule has 1 fully saturated rings. The molecule has 164 valence electrons. The van der Waals surface area contributed by atoms with E-state index >= 15 is 0 Å². The van der Waals surface area contributed by atoms with Gasteiger partial charge in [-0.15, -0.1) is 0 Å². The van der Waals surface area contributed by atoms with Crippen LogP contribution in [0.4, 0.5) is 10.1 Å². The highest BCUT2D eigenvalue weighted by molar-refractivity contribution is 9.11. The molecule has 1 saturated heterocycles. The number of hydrogen-bond acceptors (Lipinski definition) is 4. The Bertz CT molecular complexity index is 1140. The first-order chi connectivity index (χ1) is 15.4. The van der Waals surface area contributed by atoms with E-state index in [9.17, 15) is 14.4 Å². The quantitative estimate of drug-likeness (QED) is 0.580. The van der Waals surface area contributed by atoms with Crippen LogP contribution in [0.5, 0.6) is 0 Å². The Balaban J connectivity index is 1.65. The van der Waals surface area contributed by atoms with Gasteiger partial charge in [0.25, 0.3) is 5.91 Å². The molecular weight excluding hydrogens is 495 g/mol. The van der Waals surface area contributed by atoms with E-state index in [4.69, 9.17) is 17.3 Å². The minimum absolute atomic E-state index is 0.0879. The van der Waals surface area contributed by atoms with Crippen LogP contribution < -0.4 is 5.73 Å². The molecule has 0 spiro atoms. The Morgan fingerprint density at radius 1 is 1.19 bits per heavy atom. The summed E-state index contributed by atoms with van der Waals surface area (Å²) >= 11 is 9.56. The minimum atomic E-state index is -0.477. The molecule has 5 nitrogen and oxygen atoms in total. The van der Waals surface area contributed by atoms with Crippen molar-refractivity contribution in [1.82, 2.24) is 9.80 Å². The standard InChI is InChI=1S/C24H21BrClFN4O/c25-17-3-8-22(16(11-17)13-28)31-10-9-30(14-23(31)15-1-4-18(26)5-2-15)24(32)20-7-6-19(27)12-21(20)29/h1-7,11-12,22-23H,8-10,14,29H2. The Kier molecular flexibility index (Phi) is 6.66. The number of carbonyl (C=O) groups excluding carboxylic acids is 1. The average molecular weight is 516 g/mol. The molecule has 2 aliphatic rings. The van der Waals surface area contributed by atoms with E-state index < -0.39 is 5.82 Å². The molecule has 0 aromatic heterocycles. The first-order valence-electron chi connectivity index (χ1n) is 10.2. The normalized spacial score (nSPS) is 21.5. The minimum Gasteiger partial charge on any atom is -0.398 e. The van der Waals surface area contributed by atoms with E-state index in [1.54, 1.807) is 4.90 Å². The van der Waals surface area contributed by atoms with Crippen LogP contribution in [0.15, 0.2) is 64.7 Å². The summed E-state index contributed by atoms with van der Waals surface area (Å²) in [4.78, 5) is 17.2. The molecule has 0 radical (unpaired) electrons. The number of halogens is 3. The van der Waals surface area contributed by atoms with Crippen molar-refractivity contribution in [2.45, 2.75) is 18.5 Å².